The standard InChI is InChI=1S/C8H10N2.C2H6/c1-8-4-2-5-9-6-3-7-10-8;1-2/h2-7,10H,1H3;1-2H3. The van der Waals surface area contributed by atoms with Gasteiger partial charge in [0.2, 0.25) is 0 Å². The Labute approximate surface area is 74.0 Å². The van der Waals surface area contributed by atoms with E-state index in [0.29, 0.717) is 0 Å². The van der Waals surface area contributed by atoms with Gasteiger partial charge in [0.15, 0.2) is 0 Å². The molecule has 1 rings (SSSR count). The minimum absolute atomic E-state index is 1.11. The molecule has 1 N–H and O–H groups in total. The minimum Gasteiger partial charge on any atom is -0.365 e. The van der Waals surface area contributed by atoms with Crippen LogP contribution in [0.3, 0.4) is 0 Å². The first kappa shape index (κ1) is 10.7. The fourth-order valence-electron chi connectivity index (χ4n) is 0.607. The third-order valence-corrected chi connectivity index (χ3v) is 1.10. The van der Waals surface area contributed by atoms with E-state index in [-0.39, 0.29) is 0 Å². The predicted molar refractivity (Wildman–Crippen MR) is 52.3 cm³/mol. The fourth-order valence-corrected chi connectivity index (χ4v) is 0.607. The molecule has 0 saturated carbocycles. The first-order valence-corrected chi connectivity index (χ1v) is 4.18. The number of H-pyrrole nitrogens is 1. The SMILES string of the molecule is CC.Cc1cccnccc[nH]1. The maximum atomic E-state index is 3.95. The smallest absolute Gasteiger partial charge is 0.0282 e. The highest BCUT2D eigenvalue weighted by Gasteiger charge is 1.69. The van der Waals surface area contributed by atoms with E-state index in [1.54, 1.807) is 12.4 Å². The highest BCUT2D eigenvalue weighted by Crippen LogP contribution is 1.82. The van der Waals surface area contributed by atoms with E-state index in [0.717, 1.165) is 5.69 Å². The fraction of sp³-hybridized carbons (Fsp3) is 0.300. The van der Waals surface area contributed by atoms with Gasteiger partial charge in [-0.05, 0) is 25.1 Å². The average Bonchev–Trinajstić information content (AvgIpc) is 2.22. The first-order valence-electron chi connectivity index (χ1n) is 4.18. The third-order valence-electron chi connectivity index (χ3n) is 1.10. The summed E-state index contributed by atoms with van der Waals surface area (Å²) in [5.41, 5.74) is 1.11. The molecule has 0 aliphatic heterocycles. The van der Waals surface area contributed by atoms with Crippen molar-refractivity contribution < 1.29 is 0 Å². The molecule has 1 aromatic rings. The molecule has 66 valence electrons. The zero-order chi connectivity index (χ0) is 9.23. The normalized spacial score (nSPS) is 7.58. The van der Waals surface area contributed by atoms with Crippen molar-refractivity contribution in [1.29, 1.82) is 0 Å². The maximum Gasteiger partial charge on any atom is 0.0282 e. The topological polar surface area (TPSA) is 28.7 Å². The van der Waals surface area contributed by atoms with Gasteiger partial charge in [-0.25, -0.2) is 0 Å². The number of hydrogen-bond acceptors (Lipinski definition) is 1. The molecule has 0 amide bonds. The van der Waals surface area contributed by atoms with E-state index in [1.165, 1.54) is 0 Å². The molecule has 2 nitrogen and oxygen atoms in total. The number of nitrogens with zero attached hydrogens (tertiary/aromatic N) is 1. The van der Waals surface area contributed by atoms with Gasteiger partial charge in [-0.15, -0.1) is 0 Å². The van der Waals surface area contributed by atoms with Crippen LogP contribution in [-0.2, 0) is 0 Å². The van der Waals surface area contributed by atoms with Crippen LogP contribution in [0.15, 0.2) is 36.8 Å². The molecule has 2 heteroatoms. The van der Waals surface area contributed by atoms with Gasteiger partial charge in [-0.2, -0.15) is 0 Å². The molecule has 12 heavy (non-hydrogen) atoms. The van der Waals surface area contributed by atoms with Gasteiger partial charge in [0.25, 0.3) is 0 Å². The number of aromatic nitrogens is 2. The van der Waals surface area contributed by atoms with Crippen molar-refractivity contribution in [2.45, 2.75) is 20.8 Å². The van der Waals surface area contributed by atoms with Gasteiger partial charge in [0, 0.05) is 24.3 Å². The van der Waals surface area contributed by atoms with Gasteiger partial charge < -0.3 is 4.98 Å². The number of aryl methyl sites for hydroxylation is 1. The van der Waals surface area contributed by atoms with Gasteiger partial charge >= 0.3 is 0 Å². The van der Waals surface area contributed by atoms with Crippen molar-refractivity contribution in [2.75, 3.05) is 0 Å². The second-order valence-corrected chi connectivity index (χ2v) is 1.99. The van der Waals surface area contributed by atoms with Crippen LogP contribution < -0.4 is 0 Å². The van der Waals surface area contributed by atoms with Crippen LogP contribution in [0, 0.1) is 6.92 Å². The van der Waals surface area contributed by atoms with Crippen molar-refractivity contribution in [1.82, 2.24) is 9.97 Å². The summed E-state index contributed by atoms with van der Waals surface area (Å²) in [5.74, 6) is 0. The van der Waals surface area contributed by atoms with Gasteiger partial charge in [0.1, 0.15) is 0 Å². The van der Waals surface area contributed by atoms with Crippen LogP contribution in [0.25, 0.3) is 0 Å². The first-order chi connectivity index (χ1) is 5.89. The largest absolute Gasteiger partial charge is 0.365 e. The number of hydrogen-bond donors (Lipinski definition) is 1. The molecule has 0 radical (unpaired) electrons. The Balaban J connectivity index is 0.000000561. The third kappa shape index (κ3) is 5.47. The summed E-state index contributed by atoms with van der Waals surface area (Å²) in [6.07, 6.45) is 5.33. The van der Waals surface area contributed by atoms with Crippen molar-refractivity contribution >= 4 is 0 Å². The monoisotopic (exact) mass is 164 g/mol. The van der Waals surface area contributed by atoms with E-state index in [2.05, 4.69) is 9.97 Å². The summed E-state index contributed by atoms with van der Waals surface area (Å²) in [6, 6.07) is 5.71. The van der Waals surface area contributed by atoms with Crippen LogP contribution in [0.1, 0.15) is 19.5 Å². The van der Waals surface area contributed by atoms with Crippen LogP contribution in [-0.4, -0.2) is 9.97 Å². The zero-order valence-electron chi connectivity index (χ0n) is 7.91. The van der Waals surface area contributed by atoms with Crippen LogP contribution in [0.4, 0.5) is 0 Å². The molecule has 0 fully saturated rings. The average molecular weight is 164 g/mol. The summed E-state index contributed by atoms with van der Waals surface area (Å²) in [7, 11) is 0. The maximum absolute atomic E-state index is 3.95. The molecule has 0 saturated heterocycles. The Morgan fingerprint density at radius 1 is 1.17 bits per heavy atom. The highest BCUT2D eigenvalue weighted by molar-refractivity contribution is 4.95. The molecule has 0 aromatic carbocycles. The molecular formula is C10H16N2. The summed E-state index contributed by atoms with van der Waals surface area (Å²) in [6.45, 7) is 6.00. The molecule has 0 aliphatic rings. The molecule has 0 atom stereocenters. The van der Waals surface area contributed by atoms with Gasteiger partial charge in [-0.1, -0.05) is 13.8 Å². The molecule has 1 aromatic heterocycles. The molecular weight excluding hydrogens is 148 g/mol. The van der Waals surface area contributed by atoms with E-state index in [4.69, 9.17) is 0 Å². The minimum atomic E-state index is 1.11. The lowest BCUT2D eigenvalue weighted by Crippen LogP contribution is -1.68. The van der Waals surface area contributed by atoms with Gasteiger partial charge in [0.05, 0.1) is 0 Å². The number of aromatic amines is 1. The molecule has 0 bridgehead atoms. The number of rotatable bonds is 0. The molecule has 0 unspecified atom stereocenters. The van der Waals surface area contributed by atoms with Crippen molar-refractivity contribution in [3.63, 3.8) is 0 Å². The van der Waals surface area contributed by atoms with Crippen LogP contribution in [0.2, 0.25) is 0 Å². The Hall–Kier alpha value is -1.31. The Morgan fingerprint density at radius 3 is 2.58 bits per heavy atom. The van der Waals surface area contributed by atoms with Crippen molar-refractivity contribution in [3.05, 3.63) is 42.5 Å². The van der Waals surface area contributed by atoms with Gasteiger partial charge in [-0.3, -0.25) is 4.98 Å². The summed E-state index contributed by atoms with van der Waals surface area (Å²) in [4.78, 5) is 7.01. The molecule has 1 heterocycles. The van der Waals surface area contributed by atoms with Crippen LogP contribution in [0.5, 0.6) is 0 Å². The Morgan fingerprint density at radius 2 is 1.83 bits per heavy atom. The molecule has 0 aliphatic carbocycles. The van der Waals surface area contributed by atoms with Crippen molar-refractivity contribution in [2.24, 2.45) is 0 Å². The summed E-state index contributed by atoms with van der Waals surface area (Å²) in [5, 5.41) is 0. The van der Waals surface area contributed by atoms with Crippen molar-refractivity contribution in [3.8, 4) is 0 Å². The zero-order valence-corrected chi connectivity index (χ0v) is 7.91. The quantitative estimate of drug-likeness (QED) is 0.627. The lowest BCUT2D eigenvalue weighted by atomic mass is 10.4. The summed E-state index contributed by atoms with van der Waals surface area (Å²) < 4.78 is 0. The summed E-state index contributed by atoms with van der Waals surface area (Å²) >= 11 is 0. The van der Waals surface area contributed by atoms with Crippen LogP contribution >= 0.6 is 0 Å². The van der Waals surface area contributed by atoms with E-state index in [9.17, 15) is 0 Å². The van der Waals surface area contributed by atoms with E-state index in [1.807, 2.05) is 45.2 Å². The second-order valence-electron chi connectivity index (χ2n) is 1.99. The lowest BCUT2D eigenvalue weighted by molar-refractivity contribution is 1.22. The second kappa shape index (κ2) is 7.79. The van der Waals surface area contributed by atoms with E-state index < -0.39 is 0 Å². The molecule has 0 spiro atoms. The highest BCUT2D eigenvalue weighted by atomic mass is 14.7. The number of nitrogens with one attached hydrogen (secondary N) is 1. The lowest BCUT2D eigenvalue weighted by Gasteiger charge is -1.80. The van der Waals surface area contributed by atoms with E-state index >= 15 is 0 Å². The predicted octanol–water partition coefficient (Wildman–Crippen LogP) is 2.87. The Kier molecular flexibility index (Phi) is 6.94. The Bertz CT molecular complexity index is 215.